The standard InChI is InChI=1S/C15H22N2O4/c1-3-11(9-14(18)19)10-16-15(20)17-12-7-5-6-8-13(12)21-4-2/h5-8,11H,3-4,9-10H2,1-2H3,(H,18,19)(H2,16,17,20). The van der Waals surface area contributed by atoms with Gasteiger partial charge in [0.2, 0.25) is 0 Å². The SMILES string of the molecule is CCOc1ccccc1NC(=O)NCC(CC)CC(=O)O. The number of rotatable bonds is 8. The molecule has 116 valence electrons. The fraction of sp³-hybridized carbons (Fsp3) is 0.467. The molecule has 0 radical (unpaired) electrons. The highest BCUT2D eigenvalue weighted by atomic mass is 16.5. The van der Waals surface area contributed by atoms with Gasteiger partial charge in [-0.1, -0.05) is 25.5 Å². The normalized spacial score (nSPS) is 11.5. The number of benzene rings is 1. The van der Waals surface area contributed by atoms with Crippen LogP contribution in [-0.4, -0.2) is 30.3 Å². The molecule has 1 unspecified atom stereocenters. The smallest absolute Gasteiger partial charge is 0.319 e. The first-order chi connectivity index (χ1) is 10.1. The Kier molecular flexibility index (Phi) is 7.08. The molecular formula is C15H22N2O4. The highest BCUT2D eigenvalue weighted by Gasteiger charge is 2.13. The van der Waals surface area contributed by atoms with Gasteiger partial charge in [-0.15, -0.1) is 0 Å². The van der Waals surface area contributed by atoms with E-state index in [1.165, 1.54) is 0 Å². The molecule has 0 aliphatic heterocycles. The van der Waals surface area contributed by atoms with E-state index in [4.69, 9.17) is 9.84 Å². The van der Waals surface area contributed by atoms with Gasteiger partial charge < -0.3 is 20.5 Å². The molecule has 3 N–H and O–H groups in total. The van der Waals surface area contributed by atoms with Crippen molar-refractivity contribution in [3.63, 3.8) is 0 Å². The molecule has 0 fully saturated rings. The van der Waals surface area contributed by atoms with E-state index in [9.17, 15) is 9.59 Å². The van der Waals surface area contributed by atoms with Crippen LogP contribution in [0.4, 0.5) is 10.5 Å². The molecule has 1 aromatic rings. The second-order valence-electron chi connectivity index (χ2n) is 4.64. The minimum Gasteiger partial charge on any atom is -0.492 e. The number of amides is 2. The molecule has 0 spiro atoms. The van der Waals surface area contributed by atoms with Crippen LogP contribution in [0.1, 0.15) is 26.7 Å². The van der Waals surface area contributed by atoms with Crippen LogP contribution in [0.25, 0.3) is 0 Å². The summed E-state index contributed by atoms with van der Waals surface area (Å²) < 4.78 is 5.42. The van der Waals surface area contributed by atoms with Gasteiger partial charge in [-0.2, -0.15) is 0 Å². The highest BCUT2D eigenvalue weighted by molar-refractivity contribution is 5.90. The molecule has 21 heavy (non-hydrogen) atoms. The zero-order valence-electron chi connectivity index (χ0n) is 12.4. The van der Waals surface area contributed by atoms with Gasteiger partial charge in [0.1, 0.15) is 5.75 Å². The van der Waals surface area contributed by atoms with Crippen LogP contribution < -0.4 is 15.4 Å². The number of urea groups is 1. The fourth-order valence-electron chi connectivity index (χ4n) is 1.86. The lowest BCUT2D eigenvalue weighted by Gasteiger charge is -2.15. The first kappa shape index (κ1) is 16.8. The first-order valence-electron chi connectivity index (χ1n) is 7.05. The van der Waals surface area contributed by atoms with Crippen molar-refractivity contribution in [1.29, 1.82) is 0 Å². The Balaban J connectivity index is 2.52. The Labute approximate surface area is 124 Å². The molecule has 1 aromatic carbocycles. The molecule has 0 aromatic heterocycles. The Bertz CT molecular complexity index is 476. The van der Waals surface area contributed by atoms with E-state index >= 15 is 0 Å². The second kappa shape index (κ2) is 8.84. The summed E-state index contributed by atoms with van der Waals surface area (Å²) in [6.45, 7) is 4.61. The van der Waals surface area contributed by atoms with Gasteiger partial charge in [0.15, 0.2) is 0 Å². The highest BCUT2D eigenvalue weighted by Crippen LogP contribution is 2.23. The predicted octanol–water partition coefficient (Wildman–Crippen LogP) is 2.71. The summed E-state index contributed by atoms with van der Waals surface area (Å²) >= 11 is 0. The van der Waals surface area contributed by atoms with Gasteiger partial charge in [0.05, 0.1) is 12.3 Å². The average Bonchev–Trinajstić information content (AvgIpc) is 2.45. The topological polar surface area (TPSA) is 87.7 Å². The molecule has 1 rings (SSSR count). The van der Waals surface area contributed by atoms with Crippen molar-refractivity contribution in [3.8, 4) is 5.75 Å². The number of aliphatic carboxylic acids is 1. The zero-order valence-corrected chi connectivity index (χ0v) is 12.4. The van der Waals surface area contributed by atoms with E-state index in [0.717, 1.165) is 0 Å². The van der Waals surface area contributed by atoms with E-state index in [1.54, 1.807) is 18.2 Å². The predicted molar refractivity (Wildman–Crippen MR) is 80.7 cm³/mol. The summed E-state index contributed by atoms with van der Waals surface area (Å²) in [5.74, 6) is -0.325. The third-order valence-electron chi connectivity index (χ3n) is 3.03. The van der Waals surface area contributed by atoms with Crippen LogP contribution in [-0.2, 0) is 4.79 Å². The van der Waals surface area contributed by atoms with Gasteiger partial charge in [-0.05, 0) is 25.0 Å². The van der Waals surface area contributed by atoms with Crippen LogP contribution in [0, 0.1) is 5.92 Å². The number of carbonyl (C=O) groups excluding carboxylic acids is 1. The number of nitrogens with one attached hydrogen (secondary N) is 2. The number of carboxylic acids is 1. The monoisotopic (exact) mass is 294 g/mol. The largest absolute Gasteiger partial charge is 0.492 e. The molecule has 2 amide bonds. The maximum atomic E-state index is 11.8. The van der Waals surface area contributed by atoms with Gasteiger partial charge in [0, 0.05) is 13.0 Å². The molecule has 1 atom stereocenters. The van der Waals surface area contributed by atoms with Crippen molar-refractivity contribution in [3.05, 3.63) is 24.3 Å². The molecule has 0 saturated carbocycles. The third kappa shape index (κ3) is 6.16. The van der Waals surface area contributed by atoms with Crippen molar-refractivity contribution < 1.29 is 19.4 Å². The number of anilines is 1. The van der Waals surface area contributed by atoms with Crippen LogP contribution >= 0.6 is 0 Å². The van der Waals surface area contributed by atoms with Crippen molar-refractivity contribution >= 4 is 17.7 Å². The van der Waals surface area contributed by atoms with E-state index in [0.29, 0.717) is 31.0 Å². The van der Waals surface area contributed by atoms with Gasteiger partial charge in [-0.3, -0.25) is 4.79 Å². The molecule has 0 aliphatic carbocycles. The van der Waals surface area contributed by atoms with Crippen molar-refractivity contribution in [1.82, 2.24) is 5.32 Å². The Morgan fingerprint density at radius 3 is 2.62 bits per heavy atom. The lowest BCUT2D eigenvalue weighted by Crippen LogP contribution is -2.33. The number of carboxylic acid groups (broad SMARTS) is 1. The van der Waals surface area contributed by atoms with Gasteiger partial charge in [0.25, 0.3) is 0 Å². The van der Waals surface area contributed by atoms with Gasteiger partial charge >= 0.3 is 12.0 Å². The summed E-state index contributed by atoms with van der Waals surface area (Å²) in [6.07, 6.45) is 0.744. The summed E-state index contributed by atoms with van der Waals surface area (Å²) in [6, 6.07) is 6.79. The summed E-state index contributed by atoms with van der Waals surface area (Å²) in [7, 11) is 0. The fourth-order valence-corrected chi connectivity index (χ4v) is 1.86. The molecule has 0 bridgehead atoms. The molecular weight excluding hydrogens is 272 g/mol. The number of para-hydroxylation sites is 2. The van der Waals surface area contributed by atoms with Crippen LogP contribution in [0.2, 0.25) is 0 Å². The number of hydrogen-bond donors (Lipinski definition) is 3. The third-order valence-corrected chi connectivity index (χ3v) is 3.03. The number of carbonyl (C=O) groups is 2. The Morgan fingerprint density at radius 1 is 1.29 bits per heavy atom. The van der Waals surface area contributed by atoms with Gasteiger partial charge in [-0.25, -0.2) is 4.79 Å². The lowest BCUT2D eigenvalue weighted by atomic mass is 10.0. The Hall–Kier alpha value is -2.24. The zero-order chi connectivity index (χ0) is 15.7. The maximum absolute atomic E-state index is 11.8. The average molecular weight is 294 g/mol. The molecule has 6 heteroatoms. The minimum atomic E-state index is -0.856. The van der Waals surface area contributed by atoms with E-state index < -0.39 is 5.97 Å². The van der Waals surface area contributed by atoms with Crippen LogP contribution in [0.3, 0.4) is 0 Å². The van der Waals surface area contributed by atoms with E-state index in [2.05, 4.69) is 10.6 Å². The second-order valence-corrected chi connectivity index (χ2v) is 4.64. The summed E-state index contributed by atoms with van der Waals surface area (Å²) in [5.41, 5.74) is 0.586. The summed E-state index contributed by atoms with van der Waals surface area (Å²) in [5, 5.41) is 14.2. The minimum absolute atomic E-state index is 0.0479. The van der Waals surface area contributed by atoms with Crippen LogP contribution in [0.5, 0.6) is 5.75 Å². The Morgan fingerprint density at radius 2 is 2.00 bits per heavy atom. The van der Waals surface area contributed by atoms with E-state index in [-0.39, 0.29) is 18.4 Å². The lowest BCUT2D eigenvalue weighted by molar-refractivity contribution is -0.138. The molecule has 0 aliphatic rings. The molecule has 0 heterocycles. The maximum Gasteiger partial charge on any atom is 0.319 e. The number of hydrogen-bond acceptors (Lipinski definition) is 3. The molecule has 6 nitrogen and oxygen atoms in total. The number of ether oxygens (including phenoxy) is 1. The van der Waals surface area contributed by atoms with Crippen LogP contribution in [0.15, 0.2) is 24.3 Å². The first-order valence-corrected chi connectivity index (χ1v) is 7.05. The molecule has 0 saturated heterocycles. The van der Waals surface area contributed by atoms with E-state index in [1.807, 2.05) is 19.9 Å². The van der Waals surface area contributed by atoms with Crippen molar-refractivity contribution in [2.45, 2.75) is 26.7 Å². The summed E-state index contributed by atoms with van der Waals surface area (Å²) in [4.78, 5) is 22.5. The quantitative estimate of drug-likeness (QED) is 0.688. The van der Waals surface area contributed by atoms with Crippen molar-refractivity contribution in [2.75, 3.05) is 18.5 Å². The van der Waals surface area contributed by atoms with Crippen molar-refractivity contribution in [2.24, 2.45) is 5.92 Å².